The molecule has 1 aromatic rings. The van der Waals surface area contributed by atoms with Crippen molar-refractivity contribution in [2.45, 2.75) is 52.0 Å². The summed E-state index contributed by atoms with van der Waals surface area (Å²) >= 11 is 0. The van der Waals surface area contributed by atoms with Gasteiger partial charge in [0.2, 0.25) is 0 Å². The van der Waals surface area contributed by atoms with Crippen LogP contribution in [-0.4, -0.2) is 15.8 Å². The molecule has 2 atom stereocenters. The fourth-order valence-corrected chi connectivity index (χ4v) is 2.45. The Hall–Kier alpha value is -1.19. The number of nitrogens with zero attached hydrogens (tertiary/aromatic N) is 2. The summed E-state index contributed by atoms with van der Waals surface area (Å²) in [5, 5.41) is 8.03. The van der Waals surface area contributed by atoms with Gasteiger partial charge in [-0.1, -0.05) is 27.2 Å². The highest BCUT2D eigenvalue weighted by molar-refractivity contribution is 5.66. The molecule has 96 valence electrons. The molecule has 0 spiro atoms. The fraction of sp³-hybridized carbons (Fsp3) is 0.769. The maximum Gasteiger partial charge on any atom is 0.148 e. The third-order valence-corrected chi connectivity index (χ3v) is 3.56. The monoisotopic (exact) mass is 236 g/mol. The van der Waals surface area contributed by atoms with Crippen molar-refractivity contribution in [1.82, 2.24) is 9.78 Å². The second-order valence-corrected chi connectivity index (χ2v) is 5.46. The molecule has 1 saturated carbocycles. The number of nitrogens with two attached hydrogens (primary N) is 1. The molecule has 1 fully saturated rings. The molecular formula is C13H24N4. The van der Waals surface area contributed by atoms with E-state index in [9.17, 15) is 0 Å². The summed E-state index contributed by atoms with van der Waals surface area (Å²) in [5.74, 6) is 2.21. The maximum absolute atomic E-state index is 6.15. The standard InChI is InChI=1S/C13H24N4/c1-5-6-9-7-10(9)15-13-11(14)12(8(2)3)16-17(13)4/h8-10,15H,5-7,14H2,1-4H3. The van der Waals surface area contributed by atoms with Gasteiger partial charge in [-0.05, 0) is 24.7 Å². The molecule has 1 aliphatic carbocycles. The van der Waals surface area contributed by atoms with E-state index in [4.69, 9.17) is 5.73 Å². The van der Waals surface area contributed by atoms with Crippen LogP contribution >= 0.6 is 0 Å². The molecule has 2 rings (SSSR count). The van der Waals surface area contributed by atoms with Gasteiger partial charge in [0, 0.05) is 13.1 Å². The van der Waals surface area contributed by atoms with Crippen molar-refractivity contribution in [3.05, 3.63) is 5.69 Å². The number of hydrogen-bond donors (Lipinski definition) is 2. The van der Waals surface area contributed by atoms with Crippen LogP contribution in [0.15, 0.2) is 0 Å². The predicted octanol–water partition coefficient (Wildman–Crippen LogP) is 2.73. The number of nitrogens with one attached hydrogen (secondary N) is 1. The summed E-state index contributed by atoms with van der Waals surface area (Å²) in [7, 11) is 1.96. The SMILES string of the molecule is CCCC1CC1Nc1c(N)c(C(C)C)nn1C. The lowest BCUT2D eigenvalue weighted by atomic mass is 10.1. The van der Waals surface area contributed by atoms with Crippen LogP contribution in [0.3, 0.4) is 0 Å². The Kier molecular flexibility index (Phi) is 3.31. The molecule has 0 aromatic carbocycles. The Labute approximate surface area is 104 Å². The highest BCUT2D eigenvalue weighted by atomic mass is 15.3. The molecule has 1 heterocycles. The first kappa shape index (κ1) is 12.3. The summed E-state index contributed by atoms with van der Waals surface area (Å²) in [5.41, 5.74) is 7.98. The largest absolute Gasteiger partial charge is 0.394 e. The van der Waals surface area contributed by atoms with Gasteiger partial charge in [0.15, 0.2) is 0 Å². The van der Waals surface area contributed by atoms with Crippen LogP contribution in [0.2, 0.25) is 0 Å². The highest BCUT2D eigenvalue weighted by Crippen LogP contribution is 2.39. The molecule has 17 heavy (non-hydrogen) atoms. The number of hydrogen-bond acceptors (Lipinski definition) is 3. The lowest BCUT2D eigenvalue weighted by Crippen LogP contribution is -2.10. The topological polar surface area (TPSA) is 55.9 Å². The second-order valence-electron chi connectivity index (χ2n) is 5.46. The summed E-state index contributed by atoms with van der Waals surface area (Å²) < 4.78 is 1.88. The average Bonchev–Trinajstić information content (AvgIpc) is 2.93. The number of aryl methyl sites for hydroxylation is 1. The number of rotatable bonds is 5. The van der Waals surface area contributed by atoms with Gasteiger partial charge in [0.1, 0.15) is 5.82 Å². The molecule has 1 aromatic heterocycles. The van der Waals surface area contributed by atoms with E-state index in [1.54, 1.807) is 0 Å². The molecule has 2 unspecified atom stereocenters. The molecule has 4 nitrogen and oxygen atoms in total. The van der Waals surface area contributed by atoms with Gasteiger partial charge in [-0.3, -0.25) is 4.68 Å². The third kappa shape index (κ3) is 2.40. The van der Waals surface area contributed by atoms with Crippen molar-refractivity contribution in [2.75, 3.05) is 11.1 Å². The van der Waals surface area contributed by atoms with Crippen LogP contribution in [0.1, 0.15) is 51.6 Å². The van der Waals surface area contributed by atoms with E-state index in [1.165, 1.54) is 19.3 Å². The molecule has 0 amide bonds. The van der Waals surface area contributed by atoms with Gasteiger partial charge in [0.25, 0.3) is 0 Å². The first-order chi connectivity index (χ1) is 8.04. The van der Waals surface area contributed by atoms with Crippen molar-refractivity contribution >= 4 is 11.5 Å². The quantitative estimate of drug-likeness (QED) is 0.826. The van der Waals surface area contributed by atoms with E-state index in [0.29, 0.717) is 12.0 Å². The normalized spacial score (nSPS) is 23.1. The summed E-state index contributed by atoms with van der Waals surface area (Å²) in [6.07, 6.45) is 3.85. The molecule has 0 saturated heterocycles. The van der Waals surface area contributed by atoms with Gasteiger partial charge >= 0.3 is 0 Å². The van der Waals surface area contributed by atoms with E-state index >= 15 is 0 Å². The third-order valence-electron chi connectivity index (χ3n) is 3.56. The van der Waals surface area contributed by atoms with Crippen LogP contribution in [0.25, 0.3) is 0 Å². The van der Waals surface area contributed by atoms with Crippen molar-refractivity contribution < 1.29 is 0 Å². The minimum absolute atomic E-state index is 0.377. The molecule has 0 radical (unpaired) electrons. The Morgan fingerprint density at radius 2 is 2.24 bits per heavy atom. The van der Waals surface area contributed by atoms with E-state index in [2.05, 4.69) is 31.2 Å². The minimum Gasteiger partial charge on any atom is -0.394 e. The van der Waals surface area contributed by atoms with Gasteiger partial charge in [-0.2, -0.15) is 5.10 Å². The van der Waals surface area contributed by atoms with Gasteiger partial charge in [-0.15, -0.1) is 0 Å². The first-order valence-corrected chi connectivity index (χ1v) is 6.63. The maximum atomic E-state index is 6.15. The molecule has 1 aliphatic rings. The minimum atomic E-state index is 0.377. The van der Waals surface area contributed by atoms with Crippen molar-refractivity contribution in [2.24, 2.45) is 13.0 Å². The molecule has 0 aliphatic heterocycles. The summed E-state index contributed by atoms with van der Waals surface area (Å²) in [6.45, 7) is 6.49. The van der Waals surface area contributed by atoms with Crippen LogP contribution < -0.4 is 11.1 Å². The first-order valence-electron chi connectivity index (χ1n) is 6.63. The Morgan fingerprint density at radius 3 is 2.76 bits per heavy atom. The molecule has 0 bridgehead atoms. The van der Waals surface area contributed by atoms with E-state index in [1.807, 2.05) is 11.7 Å². The van der Waals surface area contributed by atoms with Crippen molar-refractivity contribution in [1.29, 1.82) is 0 Å². The van der Waals surface area contributed by atoms with Crippen molar-refractivity contribution in [3.63, 3.8) is 0 Å². The Balaban J connectivity index is 2.07. The Bertz CT molecular complexity index is 394. The highest BCUT2D eigenvalue weighted by Gasteiger charge is 2.37. The van der Waals surface area contributed by atoms with E-state index < -0.39 is 0 Å². The number of nitrogen functional groups attached to an aromatic ring is 1. The molecule has 3 N–H and O–H groups in total. The van der Waals surface area contributed by atoms with Crippen LogP contribution in [-0.2, 0) is 7.05 Å². The van der Waals surface area contributed by atoms with Gasteiger partial charge in [-0.25, -0.2) is 0 Å². The zero-order chi connectivity index (χ0) is 12.6. The molecular weight excluding hydrogens is 212 g/mol. The smallest absolute Gasteiger partial charge is 0.148 e. The van der Waals surface area contributed by atoms with Gasteiger partial charge < -0.3 is 11.1 Å². The Morgan fingerprint density at radius 1 is 1.53 bits per heavy atom. The lowest BCUT2D eigenvalue weighted by molar-refractivity contribution is 0.684. The fourth-order valence-electron chi connectivity index (χ4n) is 2.45. The number of aromatic nitrogens is 2. The van der Waals surface area contributed by atoms with Crippen LogP contribution in [0.5, 0.6) is 0 Å². The second kappa shape index (κ2) is 4.59. The van der Waals surface area contributed by atoms with Crippen molar-refractivity contribution in [3.8, 4) is 0 Å². The lowest BCUT2D eigenvalue weighted by Gasteiger charge is -2.07. The van der Waals surface area contributed by atoms with E-state index in [0.717, 1.165) is 23.1 Å². The average molecular weight is 236 g/mol. The van der Waals surface area contributed by atoms with Crippen LogP contribution in [0, 0.1) is 5.92 Å². The van der Waals surface area contributed by atoms with Crippen LogP contribution in [0.4, 0.5) is 11.5 Å². The van der Waals surface area contributed by atoms with Gasteiger partial charge in [0.05, 0.1) is 11.4 Å². The predicted molar refractivity (Wildman–Crippen MR) is 72.1 cm³/mol. The zero-order valence-electron chi connectivity index (χ0n) is 11.3. The number of anilines is 2. The van der Waals surface area contributed by atoms with E-state index in [-0.39, 0.29) is 0 Å². The molecule has 4 heteroatoms. The zero-order valence-corrected chi connectivity index (χ0v) is 11.3. The summed E-state index contributed by atoms with van der Waals surface area (Å²) in [4.78, 5) is 0. The summed E-state index contributed by atoms with van der Waals surface area (Å²) in [6, 6.07) is 0.604.